The van der Waals surface area contributed by atoms with Crippen molar-refractivity contribution in [1.29, 1.82) is 0 Å². The Morgan fingerprint density at radius 2 is 1.92 bits per heavy atom. The van der Waals surface area contributed by atoms with Crippen molar-refractivity contribution in [1.82, 2.24) is 5.32 Å². The van der Waals surface area contributed by atoms with E-state index in [1.807, 2.05) is 0 Å². The number of hydrogen-bond donors (Lipinski definition) is 1. The molecule has 2 heteroatoms. The van der Waals surface area contributed by atoms with Crippen molar-refractivity contribution < 1.29 is 4.79 Å². The van der Waals surface area contributed by atoms with Crippen LogP contribution in [0.2, 0.25) is 0 Å². The molecule has 0 spiro atoms. The van der Waals surface area contributed by atoms with Crippen LogP contribution in [0.1, 0.15) is 46.5 Å². The Bertz CT molecular complexity index is 125. The maximum Gasteiger partial charge on any atom is 0.207 e. The summed E-state index contributed by atoms with van der Waals surface area (Å²) in [7, 11) is 0. The van der Waals surface area contributed by atoms with Gasteiger partial charge in [-0.15, -0.1) is 0 Å². The second-order valence-corrected chi connectivity index (χ2v) is 3.98. The second-order valence-electron chi connectivity index (χ2n) is 3.98. The van der Waals surface area contributed by atoms with E-state index in [4.69, 9.17) is 0 Å². The van der Waals surface area contributed by atoms with Crippen molar-refractivity contribution in [2.45, 2.75) is 46.5 Å². The molecule has 0 fully saturated rings. The Kier molecular flexibility index (Phi) is 7.76. The molecule has 1 N–H and O–H groups in total. The highest BCUT2D eigenvalue weighted by Gasteiger charge is 2.10. The molecule has 0 saturated heterocycles. The zero-order chi connectivity index (χ0) is 10.1. The number of amides is 1. The van der Waals surface area contributed by atoms with Gasteiger partial charge in [0.15, 0.2) is 0 Å². The van der Waals surface area contributed by atoms with Crippen LogP contribution in [-0.4, -0.2) is 13.0 Å². The van der Waals surface area contributed by atoms with Crippen LogP contribution in [0.5, 0.6) is 0 Å². The first-order valence-corrected chi connectivity index (χ1v) is 5.39. The highest BCUT2D eigenvalue weighted by atomic mass is 16.1. The SMILES string of the molecule is CCCCCC(C)C(C)CNC=O. The van der Waals surface area contributed by atoms with Crippen LogP contribution >= 0.6 is 0 Å². The van der Waals surface area contributed by atoms with Gasteiger partial charge in [0.05, 0.1) is 0 Å². The van der Waals surface area contributed by atoms with E-state index in [9.17, 15) is 4.79 Å². The van der Waals surface area contributed by atoms with E-state index in [2.05, 4.69) is 26.1 Å². The third-order valence-corrected chi connectivity index (χ3v) is 2.76. The molecular formula is C11H23NO. The quantitative estimate of drug-likeness (QED) is 0.457. The first-order valence-electron chi connectivity index (χ1n) is 5.39. The first-order chi connectivity index (χ1) is 6.22. The summed E-state index contributed by atoms with van der Waals surface area (Å²) in [4.78, 5) is 10.1. The van der Waals surface area contributed by atoms with Crippen LogP contribution in [0.15, 0.2) is 0 Å². The van der Waals surface area contributed by atoms with E-state index < -0.39 is 0 Å². The van der Waals surface area contributed by atoms with E-state index in [0.717, 1.165) is 18.9 Å². The largest absolute Gasteiger partial charge is 0.358 e. The minimum Gasteiger partial charge on any atom is -0.358 e. The van der Waals surface area contributed by atoms with Crippen LogP contribution < -0.4 is 5.32 Å². The third kappa shape index (κ3) is 6.62. The maximum absolute atomic E-state index is 10.1. The molecule has 0 aliphatic rings. The molecule has 0 rings (SSSR count). The fraction of sp³-hybridized carbons (Fsp3) is 0.909. The number of carbonyl (C=O) groups excluding carboxylic acids is 1. The molecule has 0 aromatic carbocycles. The number of nitrogens with one attached hydrogen (secondary N) is 1. The predicted molar refractivity (Wildman–Crippen MR) is 56.5 cm³/mol. The molecule has 1 amide bonds. The summed E-state index contributed by atoms with van der Waals surface area (Å²) in [6.07, 6.45) is 6.01. The molecule has 0 bridgehead atoms. The van der Waals surface area contributed by atoms with Crippen molar-refractivity contribution >= 4 is 6.41 Å². The lowest BCUT2D eigenvalue weighted by Gasteiger charge is -2.18. The summed E-state index contributed by atoms with van der Waals surface area (Å²) in [6.45, 7) is 7.51. The summed E-state index contributed by atoms with van der Waals surface area (Å²) in [5, 5.41) is 2.74. The van der Waals surface area contributed by atoms with Crippen molar-refractivity contribution in [2.75, 3.05) is 6.54 Å². The van der Waals surface area contributed by atoms with Gasteiger partial charge in [-0.2, -0.15) is 0 Å². The van der Waals surface area contributed by atoms with E-state index in [1.54, 1.807) is 0 Å². The van der Waals surface area contributed by atoms with Gasteiger partial charge < -0.3 is 5.32 Å². The predicted octanol–water partition coefficient (Wildman–Crippen LogP) is 2.58. The van der Waals surface area contributed by atoms with Gasteiger partial charge in [0, 0.05) is 6.54 Å². The van der Waals surface area contributed by atoms with Crippen LogP contribution in [-0.2, 0) is 4.79 Å². The van der Waals surface area contributed by atoms with Crippen molar-refractivity contribution in [3.8, 4) is 0 Å². The average molecular weight is 185 g/mol. The number of rotatable bonds is 8. The lowest BCUT2D eigenvalue weighted by Crippen LogP contribution is -2.23. The molecular weight excluding hydrogens is 162 g/mol. The molecule has 0 radical (unpaired) electrons. The zero-order valence-corrected chi connectivity index (χ0v) is 9.18. The van der Waals surface area contributed by atoms with Gasteiger partial charge in [0.1, 0.15) is 0 Å². The van der Waals surface area contributed by atoms with E-state index in [0.29, 0.717) is 5.92 Å². The standard InChI is InChI=1S/C11H23NO/c1-4-5-6-7-10(2)11(3)8-12-9-13/h9-11H,4-8H2,1-3H3,(H,12,13). The lowest BCUT2D eigenvalue weighted by atomic mass is 9.91. The van der Waals surface area contributed by atoms with Crippen LogP contribution in [0.3, 0.4) is 0 Å². The zero-order valence-electron chi connectivity index (χ0n) is 9.18. The van der Waals surface area contributed by atoms with Gasteiger partial charge in [-0.25, -0.2) is 0 Å². The Labute approximate surface area is 82.1 Å². The lowest BCUT2D eigenvalue weighted by molar-refractivity contribution is -0.109. The topological polar surface area (TPSA) is 29.1 Å². The minimum atomic E-state index is 0.599. The number of carbonyl (C=O) groups is 1. The Hall–Kier alpha value is -0.530. The highest BCUT2D eigenvalue weighted by Crippen LogP contribution is 2.17. The molecule has 0 saturated carbocycles. The van der Waals surface area contributed by atoms with Gasteiger partial charge in [-0.3, -0.25) is 4.79 Å². The molecule has 2 nitrogen and oxygen atoms in total. The summed E-state index contributed by atoms with van der Waals surface area (Å²) in [5.74, 6) is 1.32. The Morgan fingerprint density at radius 1 is 1.23 bits per heavy atom. The first kappa shape index (κ1) is 12.5. The molecule has 0 aliphatic carbocycles. The van der Waals surface area contributed by atoms with Gasteiger partial charge in [0.25, 0.3) is 0 Å². The molecule has 0 aliphatic heterocycles. The summed E-state index contributed by atoms with van der Waals surface area (Å²) >= 11 is 0. The molecule has 0 heterocycles. The van der Waals surface area contributed by atoms with Crippen molar-refractivity contribution in [3.63, 3.8) is 0 Å². The van der Waals surface area contributed by atoms with Gasteiger partial charge >= 0.3 is 0 Å². The summed E-state index contributed by atoms with van der Waals surface area (Å²) < 4.78 is 0. The molecule has 78 valence electrons. The highest BCUT2D eigenvalue weighted by molar-refractivity contribution is 5.45. The van der Waals surface area contributed by atoms with Gasteiger partial charge in [-0.05, 0) is 11.8 Å². The van der Waals surface area contributed by atoms with Gasteiger partial charge in [0.2, 0.25) is 6.41 Å². The molecule has 2 unspecified atom stereocenters. The number of hydrogen-bond acceptors (Lipinski definition) is 1. The smallest absolute Gasteiger partial charge is 0.207 e. The molecule has 13 heavy (non-hydrogen) atoms. The summed E-state index contributed by atoms with van der Waals surface area (Å²) in [6, 6.07) is 0. The molecule has 2 atom stereocenters. The fourth-order valence-corrected chi connectivity index (χ4v) is 1.44. The van der Waals surface area contributed by atoms with E-state index in [1.165, 1.54) is 25.7 Å². The number of unbranched alkanes of at least 4 members (excludes halogenated alkanes) is 2. The normalized spacial score (nSPS) is 15.0. The van der Waals surface area contributed by atoms with Crippen molar-refractivity contribution in [2.24, 2.45) is 11.8 Å². The maximum atomic E-state index is 10.1. The summed E-state index contributed by atoms with van der Waals surface area (Å²) in [5.41, 5.74) is 0. The Morgan fingerprint density at radius 3 is 2.46 bits per heavy atom. The van der Waals surface area contributed by atoms with Crippen LogP contribution in [0.4, 0.5) is 0 Å². The van der Waals surface area contributed by atoms with E-state index >= 15 is 0 Å². The minimum absolute atomic E-state index is 0.599. The molecule has 0 aromatic rings. The monoisotopic (exact) mass is 185 g/mol. The molecule has 0 aromatic heterocycles. The van der Waals surface area contributed by atoms with Crippen molar-refractivity contribution in [3.05, 3.63) is 0 Å². The van der Waals surface area contributed by atoms with E-state index in [-0.39, 0.29) is 0 Å². The Balaban J connectivity index is 3.43. The van der Waals surface area contributed by atoms with Gasteiger partial charge in [-0.1, -0.05) is 46.5 Å². The third-order valence-electron chi connectivity index (χ3n) is 2.76. The average Bonchev–Trinajstić information content (AvgIpc) is 2.14. The second kappa shape index (κ2) is 8.09. The van der Waals surface area contributed by atoms with Crippen LogP contribution in [0.25, 0.3) is 0 Å². The van der Waals surface area contributed by atoms with Crippen LogP contribution in [0, 0.1) is 11.8 Å². The fourth-order valence-electron chi connectivity index (χ4n) is 1.44.